The molecule has 0 aromatic heterocycles. The number of benzene rings is 2. The lowest BCUT2D eigenvalue weighted by atomic mass is 10.1. The van der Waals surface area contributed by atoms with E-state index < -0.39 is 9.84 Å². The van der Waals surface area contributed by atoms with E-state index in [0.717, 1.165) is 24.4 Å². The van der Waals surface area contributed by atoms with Gasteiger partial charge in [-0.2, -0.15) is 0 Å². The van der Waals surface area contributed by atoms with Crippen LogP contribution in [0.5, 0.6) is 5.75 Å². The van der Waals surface area contributed by atoms with Gasteiger partial charge in [-0.3, -0.25) is 9.69 Å². The molecule has 1 unspecified atom stereocenters. The molecular weight excluding hydrogens is 400 g/mol. The maximum atomic E-state index is 12.6. The van der Waals surface area contributed by atoms with E-state index in [2.05, 4.69) is 17.9 Å². The van der Waals surface area contributed by atoms with Crippen molar-refractivity contribution in [3.05, 3.63) is 59.7 Å². The third kappa shape index (κ3) is 5.40. The molecule has 1 aliphatic rings. The summed E-state index contributed by atoms with van der Waals surface area (Å²) in [4.78, 5) is 17.0. The quantitative estimate of drug-likeness (QED) is 0.675. The summed E-state index contributed by atoms with van der Waals surface area (Å²) in [6.07, 6.45) is 0.0155. The van der Waals surface area contributed by atoms with Gasteiger partial charge in [-0.05, 0) is 43.7 Å². The van der Waals surface area contributed by atoms with Crippen LogP contribution in [0.15, 0.2) is 53.4 Å². The van der Waals surface area contributed by atoms with Crippen molar-refractivity contribution in [3.63, 3.8) is 0 Å². The first-order valence-electron chi connectivity index (χ1n) is 10.3. The van der Waals surface area contributed by atoms with Crippen LogP contribution in [-0.4, -0.2) is 63.2 Å². The first-order valence-corrected chi connectivity index (χ1v) is 11.9. The van der Waals surface area contributed by atoms with Gasteiger partial charge in [-0.1, -0.05) is 29.8 Å². The second kappa shape index (κ2) is 9.62. The molecule has 30 heavy (non-hydrogen) atoms. The van der Waals surface area contributed by atoms with Gasteiger partial charge in [-0.15, -0.1) is 0 Å². The first-order chi connectivity index (χ1) is 14.3. The van der Waals surface area contributed by atoms with Crippen LogP contribution in [0.2, 0.25) is 0 Å². The lowest BCUT2D eigenvalue weighted by molar-refractivity contribution is -0.132. The summed E-state index contributed by atoms with van der Waals surface area (Å²) in [5.74, 6) is 0.581. The highest BCUT2D eigenvalue weighted by molar-refractivity contribution is 7.91. The minimum Gasteiger partial charge on any atom is -0.497 e. The molecule has 0 aliphatic carbocycles. The van der Waals surface area contributed by atoms with Crippen LogP contribution < -0.4 is 4.74 Å². The lowest BCUT2D eigenvalue weighted by Gasteiger charge is -2.38. The minimum absolute atomic E-state index is 0.0155. The molecular formula is C23H30N2O4S. The third-order valence-electron chi connectivity index (χ3n) is 5.76. The molecule has 162 valence electrons. The Bertz CT molecular complexity index is 965. The number of nitrogens with zero attached hydrogens (tertiary/aromatic N) is 2. The minimum atomic E-state index is -3.45. The van der Waals surface area contributed by atoms with Crippen LogP contribution in [0.4, 0.5) is 0 Å². The van der Waals surface area contributed by atoms with Crippen molar-refractivity contribution >= 4 is 15.7 Å². The summed E-state index contributed by atoms with van der Waals surface area (Å²) in [6, 6.07) is 15.0. The van der Waals surface area contributed by atoms with Gasteiger partial charge in [0, 0.05) is 38.6 Å². The molecule has 1 aliphatic heterocycles. The van der Waals surface area contributed by atoms with E-state index in [0.29, 0.717) is 13.1 Å². The van der Waals surface area contributed by atoms with Crippen molar-refractivity contribution in [2.45, 2.75) is 31.2 Å². The summed E-state index contributed by atoms with van der Waals surface area (Å²) in [7, 11) is -1.79. The Morgan fingerprint density at radius 1 is 1.07 bits per heavy atom. The van der Waals surface area contributed by atoms with E-state index in [4.69, 9.17) is 4.74 Å². The summed E-state index contributed by atoms with van der Waals surface area (Å²) >= 11 is 0. The molecule has 2 aromatic rings. The number of sulfone groups is 1. The number of hydrogen-bond donors (Lipinski definition) is 0. The molecule has 1 fully saturated rings. The van der Waals surface area contributed by atoms with Crippen molar-refractivity contribution in [3.8, 4) is 5.75 Å². The predicted molar refractivity (Wildman–Crippen MR) is 117 cm³/mol. The number of amides is 1. The van der Waals surface area contributed by atoms with E-state index in [-0.39, 0.29) is 29.0 Å². The number of piperazine rings is 1. The van der Waals surface area contributed by atoms with Crippen LogP contribution in [0.1, 0.15) is 30.5 Å². The first kappa shape index (κ1) is 22.3. The van der Waals surface area contributed by atoms with E-state index >= 15 is 0 Å². The molecule has 1 amide bonds. The number of ether oxygens (including phenoxy) is 1. The zero-order chi connectivity index (χ0) is 21.7. The van der Waals surface area contributed by atoms with Crippen molar-refractivity contribution in [2.75, 3.05) is 39.0 Å². The number of methoxy groups -OCH3 is 1. The zero-order valence-corrected chi connectivity index (χ0v) is 18.7. The Hall–Kier alpha value is -2.38. The van der Waals surface area contributed by atoms with E-state index in [9.17, 15) is 13.2 Å². The number of rotatable bonds is 7. The molecule has 1 heterocycles. The fraction of sp³-hybridized carbons (Fsp3) is 0.435. The average Bonchev–Trinajstić information content (AvgIpc) is 2.77. The van der Waals surface area contributed by atoms with Gasteiger partial charge in [0.05, 0.1) is 17.8 Å². The van der Waals surface area contributed by atoms with Gasteiger partial charge >= 0.3 is 0 Å². The Morgan fingerprint density at radius 2 is 1.73 bits per heavy atom. The summed E-state index contributed by atoms with van der Waals surface area (Å²) < 4.78 is 30.3. The fourth-order valence-electron chi connectivity index (χ4n) is 3.71. The lowest BCUT2D eigenvalue weighted by Crippen LogP contribution is -2.49. The number of hydrogen-bond acceptors (Lipinski definition) is 5. The Labute approximate surface area is 179 Å². The summed E-state index contributed by atoms with van der Waals surface area (Å²) in [5, 5.41) is 0. The van der Waals surface area contributed by atoms with E-state index in [1.165, 1.54) is 5.56 Å². The van der Waals surface area contributed by atoms with Crippen LogP contribution in [0.25, 0.3) is 0 Å². The van der Waals surface area contributed by atoms with E-state index in [1.807, 2.05) is 25.1 Å². The molecule has 0 radical (unpaired) electrons. The molecule has 7 heteroatoms. The second-order valence-corrected chi connectivity index (χ2v) is 9.86. The molecule has 0 N–H and O–H groups in total. The number of aryl methyl sites for hydroxylation is 1. The molecule has 3 rings (SSSR count). The van der Waals surface area contributed by atoms with Crippen LogP contribution in [0, 0.1) is 6.92 Å². The number of carbonyl (C=O) groups is 1. The van der Waals surface area contributed by atoms with Gasteiger partial charge < -0.3 is 9.64 Å². The van der Waals surface area contributed by atoms with Crippen molar-refractivity contribution in [1.82, 2.24) is 9.80 Å². The van der Waals surface area contributed by atoms with Crippen molar-refractivity contribution in [2.24, 2.45) is 0 Å². The highest BCUT2D eigenvalue weighted by Gasteiger charge is 2.26. The fourth-order valence-corrected chi connectivity index (χ4v) is 4.94. The number of carbonyl (C=O) groups excluding carboxylic acids is 1. The third-order valence-corrected chi connectivity index (χ3v) is 7.49. The monoisotopic (exact) mass is 430 g/mol. The molecule has 1 saturated heterocycles. The van der Waals surface area contributed by atoms with Crippen LogP contribution in [-0.2, 0) is 14.6 Å². The SMILES string of the molecule is COc1cccc(C(C)N2CCN(C(=O)CCS(=O)(=O)c3ccc(C)cc3)CC2)c1. The van der Waals surface area contributed by atoms with Gasteiger partial charge in [0.25, 0.3) is 0 Å². The molecule has 1 atom stereocenters. The largest absolute Gasteiger partial charge is 0.497 e. The summed E-state index contributed by atoms with van der Waals surface area (Å²) in [5.41, 5.74) is 2.18. The maximum Gasteiger partial charge on any atom is 0.223 e. The highest BCUT2D eigenvalue weighted by atomic mass is 32.2. The van der Waals surface area contributed by atoms with E-state index in [1.54, 1.807) is 36.3 Å². The molecule has 0 saturated carbocycles. The molecule has 0 bridgehead atoms. The van der Waals surface area contributed by atoms with Crippen molar-refractivity contribution in [1.29, 1.82) is 0 Å². The van der Waals surface area contributed by atoms with Crippen LogP contribution in [0.3, 0.4) is 0 Å². The Balaban J connectivity index is 1.52. The smallest absolute Gasteiger partial charge is 0.223 e. The zero-order valence-electron chi connectivity index (χ0n) is 17.9. The standard InChI is InChI=1S/C23H30N2O4S/c1-18-7-9-22(10-8-18)30(27,28)16-11-23(26)25-14-12-24(13-15-25)19(2)20-5-4-6-21(17-20)29-3/h4-10,17,19H,11-16H2,1-3H3. The average molecular weight is 431 g/mol. The van der Waals surface area contributed by atoms with Gasteiger partial charge in [0.2, 0.25) is 5.91 Å². The second-order valence-electron chi connectivity index (χ2n) is 7.75. The molecule has 0 spiro atoms. The molecule has 2 aromatic carbocycles. The predicted octanol–water partition coefficient (Wildman–Crippen LogP) is 3.07. The Morgan fingerprint density at radius 3 is 2.37 bits per heavy atom. The molecule has 6 nitrogen and oxygen atoms in total. The van der Waals surface area contributed by atoms with Crippen molar-refractivity contribution < 1.29 is 17.9 Å². The topological polar surface area (TPSA) is 66.9 Å². The van der Waals surface area contributed by atoms with Crippen LogP contribution >= 0.6 is 0 Å². The van der Waals surface area contributed by atoms with Gasteiger partial charge in [0.15, 0.2) is 9.84 Å². The highest BCUT2D eigenvalue weighted by Crippen LogP contribution is 2.25. The Kier molecular flexibility index (Phi) is 7.15. The maximum absolute atomic E-state index is 12.6. The summed E-state index contributed by atoms with van der Waals surface area (Å²) in [6.45, 7) is 6.80. The van der Waals surface area contributed by atoms with Gasteiger partial charge in [0.1, 0.15) is 5.75 Å². The normalized spacial score (nSPS) is 16.3. The van der Waals surface area contributed by atoms with Gasteiger partial charge in [-0.25, -0.2) is 8.42 Å².